The van der Waals surface area contributed by atoms with E-state index < -0.39 is 0 Å². The summed E-state index contributed by atoms with van der Waals surface area (Å²) in [7, 11) is 1.79. The van der Waals surface area contributed by atoms with Gasteiger partial charge in [0, 0.05) is 48.2 Å². The minimum Gasteiger partial charge on any atom is -0.492 e. The van der Waals surface area contributed by atoms with E-state index in [0.717, 1.165) is 59.5 Å². The van der Waals surface area contributed by atoms with Crippen LogP contribution in [0.3, 0.4) is 0 Å². The molecule has 1 aromatic carbocycles. The van der Waals surface area contributed by atoms with Crippen LogP contribution in [0.5, 0.6) is 5.75 Å². The highest BCUT2D eigenvalue weighted by Gasteiger charge is 2.11. The van der Waals surface area contributed by atoms with Crippen LogP contribution in [0.25, 0.3) is 10.9 Å². The maximum Gasteiger partial charge on any atom is 0.253 e. The molecule has 0 bridgehead atoms. The fourth-order valence-electron chi connectivity index (χ4n) is 2.85. The van der Waals surface area contributed by atoms with Crippen molar-refractivity contribution >= 4 is 26.8 Å². The zero-order chi connectivity index (χ0) is 16.4. The maximum absolute atomic E-state index is 12.1. The monoisotopic (exact) mass is 380 g/mol. The highest BCUT2D eigenvalue weighted by Crippen LogP contribution is 2.29. The van der Waals surface area contributed by atoms with E-state index in [1.54, 1.807) is 11.6 Å². The van der Waals surface area contributed by atoms with Crippen molar-refractivity contribution in [2.75, 3.05) is 39.5 Å². The maximum atomic E-state index is 12.1. The summed E-state index contributed by atoms with van der Waals surface area (Å²) < 4.78 is 13.8. The molecule has 124 valence electrons. The van der Waals surface area contributed by atoms with Crippen LogP contribution in [0.2, 0.25) is 0 Å². The summed E-state index contributed by atoms with van der Waals surface area (Å²) >= 11 is 3.59. The average molecular weight is 381 g/mol. The van der Waals surface area contributed by atoms with Crippen LogP contribution in [0.4, 0.5) is 0 Å². The van der Waals surface area contributed by atoms with Crippen LogP contribution in [0.1, 0.15) is 5.56 Å². The van der Waals surface area contributed by atoms with E-state index in [9.17, 15) is 4.79 Å². The molecule has 23 heavy (non-hydrogen) atoms. The third-order valence-electron chi connectivity index (χ3n) is 4.23. The molecule has 0 spiro atoms. The molecule has 1 saturated heterocycles. The first-order valence-electron chi connectivity index (χ1n) is 7.79. The lowest BCUT2D eigenvalue weighted by Gasteiger charge is -2.26. The number of pyridine rings is 1. The Morgan fingerprint density at radius 1 is 1.26 bits per heavy atom. The van der Waals surface area contributed by atoms with E-state index in [-0.39, 0.29) is 5.56 Å². The highest BCUT2D eigenvalue weighted by atomic mass is 79.9. The Kier molecular flexibility index (Phi) is 5.04. The third-order valence-corrected chi connectivity index (χ3v) is 4.88. The number of nitrogens with zero attached hydrogens (tertiary/aromatic N) is 2. The predicted molar refractivity (Wildman–Crippen MR) is 94.4 cm³/mol. The van der Waals surface area contributed by atoms with Gasteiger partial charge in [0.05, 0.1) is 18.7 Å². The topological polar surface area (TPSA) is 43.7 Å². The quantitative estimate of drug-likeness (QED) is 0.816. The molecule has 3 rings (SSSR count). The predicted octanol–water partition coefficient (Wildman–Crippen LogP) is 2.32. The van der Waals surface area contributed by atoms with Gasteiger partial charge in [-0.1, -0.05) is 0 Å². The summed E-state index contributed by atoms with van der Waals surface area (Å²) in [5.74, 6) is 0.775. The average Bonchev–Trinajstić information content (AvgIpc) is 2.55. The van der Waals surface area contributed by atoms with Crippen LogP contribution in [0, 0.1) is 6.92 Å². The van der Waals surface area contributed by atoms with Gasteiger partial charge in [-0.3, -0.25) is 9.69 Å². The molecule has 0 unspecified atom stereocenters. The second kappa shape index (κ2) is 7.03. The van der Waals surface area contributed by atoms with Crippen LogP contribution >= 0.6 is 15.9 Å². The van der Waals surface area contributed by atoms with E-state index in [1.165, 1.54) is 0 Å². The normalized spacial score (nSPS) is 16.0. The highest BCUT2D eigenvalue weighted by molar-refractivity contribution is 9.10. The number of halogens is 1. The van der Waals surface area contributed by atoms with E-state index in [2.05, 4.69) is 20.8 Å². The number of hydrogen-bond donors (Lipinski definition) is 0. The first-order chi connectivity index (χ1) is 11.1. The standard InChI is InChI=1S/C17H21BrN2O3/c1-12-9-14-15(18)10-13(11-16(14)19(2)17(12)21)23-8-5-20-3-6-22-7-4-20/h9-11H,3-8H2,1-2H3. The van der Waals surface area contributed by atoms with Crippen LogP contribution in [0.15, 0.2) is 27.5 Å². The van der Waals surface area contributed by atoms with Crippen LogP contribution < -0.4 is 10.3 Å². The van der Waals surface area contributed by atoms with Crippen LogP contribution in [-0.4, -0.2) is 48.9 Å². The van der Waals surface area contributed by atoms with Gasteiger partial charge in [0.2, 0.25) is 0 Å². The zero-order valence-corrected chi connectivity index (χ0v) is 15.1. The fraction of sp³-hybridized carbons (Fsp3) is 0.471. The molecule has 5 nitrogen and oxygen atoms in total. The Hall–Kier alpha value is -1.37. The van der Waals surface area contributed by atoms with Gasteiger partial charge in [0.1, 0.15) is 12.4 Å². The molecule has 0 amide bonds. The SMILES string of the molecule is Cc1cc2c(Br)cc(OCCN3CCOCC3)cc2n(C)c1=O. The second-order valence-corrected chi connectivity index (χ2v) is 6.69. The number of morpholine rings is 1. The lowest BCUT2D eigenvalue weighted by Crippen LogP contribution is -2.38. The summed E-state index contributed by atoms with van der Waals surface area (Å²) in [4.78, 5) is 14.4. The van der Waals surface area contributed by atoms with E-state index in [1.807, 2.05) is 25.1 Å². The molecule has 6 heteroatoms. The molecule has 2 heterocycles. The summed E-state index contributed by atoms with van der Waals surface area (Å²) in [5.41, 5.74) is 1.63. The lowest BCUT2D eigenvalue weighted by molar-refractivity contribution is 0.0322. The van der Waals surface area contributed by atoms with Crippen molar-refractivity contribution in [3.8, 4) is 5.75 Å². The van der Waals surface area contributed by atoms with Gasteiger partial charge >= 0.3 is 0 Å². The van der Waals surface area contributed by atoms with Crippen molar-refractivity contribution in [2.24, 2.45) is 7.05 Å². The lowest BCUT2D eigenvalue weighted by atomic mass is 10.1. The fourth-order valence-corrected chi connectivity index (χ4v) is 3.40. The van der Waals surface area contributed by atoms with Crippen LogP contribution in [-0.2, 0) is 11.8 Å². The minimum atomic E-state index is 0.0230. The van der Waals surface area contributed by atoms with Gasteiger partial charge < -0.3 is 14.0 Å². The molecule has 0 atom stereocenters. The Labute approximate surface area is 143 Å². The van der Waals surface area contributed by atoms with Crippen molar-refractivity contribution in [1.29, 1.82) is 0 Å². The van der Waals surface area contributed by atoms with Gasteiger partial charge in [-0.05, 0) is 35.0 Å². The van der Waals surface area contributed by atoms with Gasteiger partial charge in [0.25, 0.3) is 5.56 Å². The smallest absolute Gasteiger partial charge is 0.253 e. The van der Waals surface area contributed by atoms with Crippen molar-refractivity contribution < 1.29 is 9.47 Å². The number of aryl methyl sites for hydroxylation is 2. The molecule has 1 aromatic heterocycles. The number of rotatable bonds is 4. The molecule has 0 aliphatic carbocycles. The first kappa shape index (κ1) is 16.5. The van der Waals surface area contributed by atoms with E-state index >= 15 is 0 Å². The Bertz CT molecular complexity index is 767. The molecular formula is C17H21BrN2O3. The van der Waals surface area contributed by atoms with E-state index in [0.29, 0.717) is 6.61 Å². The molecule has 1 fully saturated rings. The summed E-state index contributed by atoms with van der Waals surface area (Å²) in [5, 5.41) is 1.02. The van der Waals surface area contributed by atoms with Crippen molar-refractivity contribution in [3.63, 3.8) is 0 Å². The zero-order valence-electron chi connectivity index (χ0n) is 13.5. The molecule has 2 aromatic rings. The molecule has 0 radical (unpaired) electrons. The Balaban J connectivity index is 1.77. The Morgan fingerprint density at radius 2 is 2.00 bits per heavy atom. The number of hydrogen-bond acceptors (Lipinski definition) is 4. The number of aromatic nitrogens is 1. The van der Waals surface area contributed by atoms with Gasteiger partial charge in [-0.2, -0.15) is 0 Å². The van der Waals surface area contributed by atoms with Gasteiger partial charge in [-0.15, -0.1) is 0 Å². The molecule has 0 saturated carbocycles. The van der Waals surface area contributed by atoms with Crippen molar-refractivity contribution in [3.05, 3.63) is 38.6 Å². The molecule has 0 N–H and O–H groups in total. The molecule has 1 aliphatic rings. The number of benzene rings is 1. The molecular weight excluding hydrogens is 360 g/mol. The third kappa shape index (κ3) is 3.59. The minimum absolute atomic E-state index is 0.0230. The summed E-state index contributed by atoms with van der Waals surface area (Å²) in [6.07, 6.45) is 0. The van der Waals surface area contributed by atoms with Crippen molar-refractivity contribution in [1.82, 2.24) is 9.47 Å². The van der Waals surface area contributed by atoms with Gasteiger partial charge in [-0.25, -0.2) is 0 Å². The molecule has 1 aliphatic heterocycles. The second-order valence-electron chi connectivity index (χ2n) is 5.83. The summed E-state index contributed by atoms with van der Waals surface area (Å²) in [6, 6.07) is 5.81. The summed E-state index contributed by atoms with van der Waals surface area (Å²) in [6.45, 7) is 6.84. The first-order valence-corrected chi connectivity index (χ1v) is 8.58. The number of fused-ring (bicyclic) bond motifs is 1. The van der Waals surface area contributed by atoms with Gasteiger partial charge in [0.15, 0.2) is 0 Å². The number of ether oxygens (including phenoxy) is 2. The largest absolute Gasteiger partial charge is 0.492 e. The Morgan fingerprint density at radius 3 is 2.74 bits per heavy atom. The van der Waals surface area contributed by atoms with E-state index in [4.69, 9.17) is 9.47 Å². The van der Waals surface area contributed by atoms with Crippen molar-refractivity contribution in [2.45, 2.75) is 6.92 Å².